The SMILES string of the molecule is O=C(c1cccc(S(=O)(=O)Nc2ccc(F)c(F)c2)c1)N1CCCCCC1. The van der Waals surface area contributed by atoms with Crippen molar-refractivity contribution in [3.05, 3.63) is 59.7 Å². The molecule has 1 aliphatic rings. The highest BCUT2D eigenvalue weighted by molar-refractivity contribution is 7.92. The van der Waals surface area contributed by atoms with Gasteiger partial charge in [-0.15, -0.1) is 0 Å². The van der Waals surface area contributed by atoms with Crippen molar-refractivity contribution in [1.29, 1.82) is 0 Å². The number of hydrogen-bond donors (Lipinski definition) is 1. The third kappa shape index (κ3) is 4.63. The Bertz CT molecular complexity index is 940. The number of nitrogens with zero attached hydrogens (tertiary/aromatic N) is 1. The maximum atomic E-state index is 13.3. The van der Waals surface area contributed by atoms with Gasteiger partial charge >= 0.3 is 0 Å². The van der Waals surface area contributed by atoms with Gasteiger partial charge in [0.1, 0.15) is 0 Å². The van der Waals surface area contributed by atoms with Crippen LogP contribution in [0.25, 0.3) is 0 Å². The number of rotatable bonds is 4. The molecule has 2 aromatic rings. The summed E-state index contributed by atoms with van der Waals surface area (Å²) in [5.41, 5.74) is 0.184. The molecule has 1 N–H and O–H groups in total. The van der Waals surface area contributed by atoms with E-state index in [2.05, 4.69) is 4.72 Å². The molecule has 2 aromatic carbocycles. The number of carbonyl (C=O) groups excluding carboxylic acids is 1. The topological polar surface area (TPSA) is 66.5 Å². The molecule has 0 atom stereocenters. The third-order valence-corrected chi connectivity index (χ3v) is 5.84. The number of anilines is 1. The first-order valence-corrected chi connectivity index (χ1v) is 10.2. The molecule has 1 fully saturated rings. The average molecular weight is 394 g/mol. The van der Waals surface area contributed by atoms with Crippen LogP contribution < -0.4 is 4.72 Å². The normalized spacial score (nSPS) is 15.3. The van der Waals surface area contributed by atoms with E-state index in [1.54, 1.807) is 11.0 Å². The van der Waals surface area contributed by atoms with Gasteiger partial charge < -0.3 is 4.90 Å². The number of halogens is 2. The minimum Gasteiger partial charge on any atom is -0.339 e. The van der Waals surface area contributed by atoms with Gasteiger partial charge in [0, 0.05) is 24.7 Å². The Morgan fingerprint density at radius 1 is 0.926 bits per heavy atom. The zero-order valence-electron chi connectivity index (χ0n) is 14.6. The van der Waals surface area contributed by atoms with E-state index in [-0.39, 0.29) is 22.1 Å². The fourth-order valence-corrected chi connectivity index (χ4v) is 4.12. The second-order valence-corrected chi connectivity index (χ2v) is 8.15. The summed E-state index contributed by atoms with van der Waals surface area (Å²) in [5, 5.41) is 0. The van der Waals surface area contributed by atoms with Gasteiger partial charge in [-0.25, -0.2) is 17.2 Å². The molecular formula is C19H20F2N2O3S. The van der Waals surface area contributed by atoms with Gasteiger partial charge in [0.2, 0.25) is 0 Å². The van der Waals surface area contributed by atoms with E-state index in [1.165, 1.54) is 18.2 Å². The molecule has 0 aliphatic carbocycles. The van der Waals surface area contributed by atoms with E-state index in [0.717, 1.165) is 43.9 Å². The van der Waals surface area contributed by atoms with Crippen LogP contribution in [0.3, 0.4) is 0 Å². The van der Waals surface area contributed by atoms with Crippen molar-refractivity contribution in [3.63, 3.8) is 0 Å². The van der Waals surface area contributed by atoms with Gasteiger partial charge in [-0.3, -0.25) is 9.52 Å². The number of nitrogens with one attached hydrogen (secondary N) is 1. The Kier molecular flexibility index (Phi) is 5.74. The lowest BCUT2D eigenvalue weighted by Crippen LogP contribution is -2.32. The van der Waals surface area contributed by atoms with Gasteiger partial charge in [0.15, 0.2) is 11.6 Å². The second-order valence-electron chi connectivity index (χ2n) is 6.47. The van der Waals surface area contributed by atoms with E-state index in [9.17, 15) is 22.0 Å². The molecule has 0 aromatic heterocycles. The van der Waals surface area contributed by atoms with Crippen molar-refractivity contribution in [2.75, 3.05) is 17.8 Å². The Balaban J connectivity index is 1.82. The summed E-state index contributed by atoms with van der Waals surface area (Å²) in [7, 11) is -4.05. The number of benzene rings is 2. The van der Waals surface area contributed by atoms with Crippen LogP contribution in [0.2, 0.25) is 0 Å². The average Bonchev–Trinajstić information content (AvgIpc) is 2.93. The lowest BCUT2D eigenvalue weighted by Gasteiger charge is -2.20. The lowest BCUT2D eigenvalue weighted by molar-refractivity contribution is 0.0761. The van der Waals surface area contributed by atoms with Gasteiger partial charge in [-0.1, -0.05) is 18.9 Å². The molecule has 0 unspecified atom stereocenters. The fourth-order valence-electron chi connectivity index (χ4n) is 3.03. The van der Waals surface area contributed by atoms with Crippen molar-refractivity contribution in [3.8, 4) is 0 Å². The largest absolute Gasteiger partial charge is 0.339 e. The molecule has 3 rings (SSSR count). The van der Waals surface area contributed by atoms with Crippen LogP contribution >= 0.6 is 0 Å². The fraction of sp³-hybridized carbons (Fsp3) is 0.316. The van der Waals surface area contributed by atoms with Crippen LogP contribution in [-0.4, -0.2) is 32.3 Å². The number of hydrogen-bond acceptors (Lipinski definition) is 3. The van der Waals surface area contributed by atoms with Gasteiger partial charge in [0.05, 0.1) is 10.6 Å². The molecule has 27 heavy (non-hydrogen) atoms. The molecule has 0 spiro atoms. The monoisotopic (exact) mass is 394 g/mol. The molecule has 0 saturated carbocycles. The van der Waals surface area contributed by atoms with Crippen molar-refractivity contribution < 1.29 is 22.0 Å². The van der Waals surface area contributed by atoms with Gasteiger partial charge in [-0.05, 0) is 43.2 Å². The molecule has 5 nitrogen and oxygen atoms in total. The molecule has 0 radical (unpaired) electrons. The first-order valence-electron chi connectivity index (χ1n) is 8.74. The molecule has 1 amide bonds. The third-order valence-electron chi connectivity index (χ3n) is 4.46. The number of likely N-dealkylation sites (tertiary alicyclic amines) is 1. The Morgan fingerprint density at radius 2 is 1.63 bits per heavy atom. The maximum Gasteiger partial charge on any atom is 0.261 e. The van der Waals surface area contributed by atoms with Crippen molar-refractivity contribution in [2.45, 2.75) is 30.6 Å². The summed E-state index contributed by atoms with van der Waals surface area (Å²) in [4.78, 5) is 14.3. The Morgan fingerprint density at radius 3 is 2.30 bits per heavy atom. The summed E-state index contributed by atoms with van der Waals surface area (Å²) in [5.74, 6) is -2.43. The highest BCUT2D eigenvalue weighted by Gasteiger charge is 2.21. The lowest BCUT2D eigenvalue weighted by atomic mass is 10.2. The van der Waals surface area contributed by atoms with Crippen molar-refractivity contribution >= 4 is 21.6 Å². The molecule has 1 saturated heterocycles. The Labute approximate surface area is 157 Å². The first kappa shape index (κ1) is 19.3. The highest BCUT2D eigenvalue weighted by atomic mass is 32.2. The summed E-state index contributed by atoms with van der Waals surface area (Å²) in [6.07, 6.45) is 4.02. The Hall–Kier alpha value is -2.48. The molecule has 0 bridgehead atoms. The standard InChI is InChI=1S/C19H20F2N2O3S/c20-17-9-8-15(13-18(17)21)22-27(25,26)16-7-5-6-14(12-16)19(24)23-10-3-1-2-4-11-23/h5-9,12-13,22H,1-4,10-11H2. The zero-order chi connectivity index (χ0) is 19.4. The van der Waals surface area contributed by atoms with Crippen LogP contribution in [0.5, 0.6) is 0 Å². The van der Waals surface area contributed by atoms with E-state index < -0.39 is 21.7 Å². The second kappa shape index (κ2) is 8.04. The number of amides is 1. The number of carbonyl (C=O) groups is 1. The first-order chi connectivity index (χ1) is 12.9. The molecule has 8 heteroatoms. The zero-order valence-corrected chi connectivity index (χ0v) is 15.4. The smallest absolute Gasteiger partial charge is 0.261 e. The minimum absolute atomic E-state index is 0.0989. The maximum absolute atomic E-state index is 13.3. The molecule has 1 aliphatic heterocycles. The summed E-state index contributed by atoms with van der Waals surface area (Å²) >= 11 is 0. The summed E-state index contributed by atoms with van der Waals surface area (Å²) in [6, 6.07) is 8.44. The van der Waals surface area contributed by atoms with Crippen molar-refractivity contribution in [2.24, 2.45) is 0 Å². The summed E-state index contributed by atoms with van der Waals surface area (Å²) in [6.45, 7) is 1.31. The van der Waals surface area contributed by atoms with Gasteiger partial charge in [0.25, 0.3) is 15.9 Å². The molecule has 1 heterocycles. The molecule has 144 valence electrons. The van der Waals surface area contributed by atoms with Gasteiger partial charge in [-0.2, -0.15) is 0 Å². The van der Waals surface area contributed by atoms with E-state index >= 15 is 0 Å². The predicted molar refractivity (Wildman–Crippen MR) is 98.0 cm³/mol. The van der Waals surface area contributed by atoms with Crippen LogP contribution in [0.4, 0.5) is 14.5 Å². The highest BCUT2D eigenvalue weighted by Crippen LogP contribution is 2.20. The van der Waals surface area contributed by atoms with Crippen LogP contribution in [-0.2, 0) is 10.0 Å². The number of sulfonamides is 1. The quantitative estimate of drug-likeness (QED) is 0.858. The van der Waals surface area contributed by atoms with Crippen molar-refractivity contribution in [1.82, 2.24) is 4.90 Å². The molecular weight excluding hydrogens is 374 g/mol. The van der Waals surface area contributed by atoms with Crippen LogP contribution in [0.15, 0.2) is 47.4 Å². The van der Waals surface area contributed by atoms with Crippen LogP contribution in [0.1, 0.15) is 36.0 Å². The van der Waals surface area contributed by atoms with E-state index in [1.807, 2.05) is 0 Å². The predicted octanol–water partition coefficient (Wildman–Crippen LogP) is 3.78. The van der Waals surface area contributed by atoms with E-state index in [4.69, 9.17) is 0 Å². The minimum atomic E-state index is -4.05. The van der Waals surface area contributed by atoms with E-state index in [0.29, 0.717) is 13.1 Å². The van der Waals surface area contributed by atoms with Crippen LogP contribution in [0, 0.1) is 11.6 Å². The summed E-state index contributed by atoms with van der Waals surface area (Å²) < 4.78 is 53.6.